The van der Waals surface area contributed by atoms with Crippen LogP contribution in [0.3, 0.4) is 0 Å². The summed E-state index contributed by atoms with van der Waals surface area (Å²) in [4.78, 5) is 4.52. The molecule has 1 unspecified atom stereocenters. The fourth-order valence-electron chi connectivity index (χ4n) is 2.55. The number of fused-ring (bicyclic) bond motifs is 1. The van der Waals surface area contributed by atoms with Crippen LogP contribution in [0.25, 0.3) is 11.0 Å². The molecule has 0 saturated heterocycles. The van der Waals surface area contributed by atoms with E-state index in [9.17, 15) is 5.11 Å². The van der Waals surface area contributed by atoms with E-state index >= 15 is 0 Å². The molecular weight excluding hydrogens is 264 g/mol. The molecule has 1 aromatic heterocycles. The number of nitrogens with zero attached hydrogens (tertiary/aromatic N) is 2. The first-order valence-corrected chi connectivity index (χ1v) is 6.93. The molecule has 0 saturated carbocycles. The molecule has 0 aliphatic rings. The number of para-hydroxylation sites is 2. The monoisotopic (exact) mass is 282 g/mol. The molecule has 108 valence electrons. The number of benzene rings is 2. The second kappa shape index (κ2) is 5.58. The van der Waals surface area contributed by atoms with Gasteiger partial charge >= 0.3 is 0 Å². The van der Waals surface area contributed by atoms with E-state index in [0.29, 0.717) is 6.54 Å². The molecule has 0 aliphatic heterocycles. The first-order chi connectivity index (χ1) is 10.2. The fraction of sp³-hybridized carbons (Fsp3) is 0.235. The Hall–Kier alpha value is -2.33. The van der Waals surface area contributed by atoms with Gasteiger partial charge < -0.3 is 14.4 Å². The Morgan fingerprint density at radius 1 is 1.19 bits per heavy atom. The molecule has 0 amide bonds. The molecule has 1 atom stereocenters. The van der Waals surface area contributed by atoms with Gasteiger partial charge in [0.1, 0.15) is 11.6 Å². The number of imidazole rings is 1. The van der Waals surface area contributed by atoms with Gasteiger partial charge in [0.15, 0.2) is 0 Å². The number of aromatic nitrogens is 2. The van der Waals surface area contributed by atoms with Crippen LogP contribution in [0.2, 0.25) is 0 Å². The lowest BCUT2D eigenvalue weighted by molar-refractivity contribution is 0.157. The Balaban J connectivity index is 1.92. The first kappa shape index (κ1) is 13.6. The lowest BCUT2D eigenvalue weighted by Gasteiger charge is -2.14. The summed E-state index contributed by atoms with van der Waals surface area (Å²) in [5.41, 5.74) is 2.83. The van der Waals surface area contributed by atoms with E-state index in [1.807, 2.05) is 60.0 Å². The molecule has 3 rings (SSSR count). The third-order valence-corrected chi connectivity index (χ3v) is 3.68. The standard InChI is InChI=1S/C17H18N2O2/c1-12-18-15-8-3-4-9-16(15)19(12)11-17(20)13-6-5-7-14(10-13)21-2/h3-10,17,20H,11H2,1-2H3. The average Bonchev–Trinajstić information content (AvgIpc) is 2.83. The van der Waals surface area contributed by atoms with Crippen molar-refractivity contribution >= 4 is 11.0 Å². The van der Waals surface area contributed by atoms with E-state index < -0.39 is 6.10 Å². The van der Waals surface area contributed by atoms with Gasteiger partial charge in [0.25, 0.3) is 0 Å². The van der Waals surface area contributed by atoms with Gasteiger partial charge in [-0.2, -0.15) is 0 Å². The van der Waals surface area contributed by atoms with E-state index in [-0.39, 0.29) is 0 Å². The lowest BCUT2D eigenvalue weighted by atomic mass is 10.1. The maximum atomic E-state index is 10.5. The van der Waals surface area contributed by atoms with Crippen LogP contribution in [0.15, 0.2) is 48.5 Å². The molecule has 4 nitrogen and oxygen atoms in total. The van der Waals surface area contributed by atoms with Crippen LogP contribution in [0.5, 0.6) is 5.75 Å². The van der Waals surface area contributed by atoms with Gasteiger partial charge in [-0.25, -0.2) is 4.98 Å². The van der Waals surface area contributed by atoms with Crippen molar-refractivity contribution in [2.24, 2.45) is 0 Å². The van der Waals surface area contributed by atoms with Gasteiger partial charge in [-0.05, 0) is 36.8 Å². The van der Waals surface area contributed by atoms with Crippen LogP contribution in [0.1, 0.15) is 17.5 Å². The molecule has 0 aliphatic carbocycles. The Labute approximate surface area is 123 Å². The van der Waals surface area contributed by atoms with E-state index in [1.165, 1.54) is 0 Å². The second-order valence-corrected chi connectivity index (χ2v) is 5.05. The zero-order valence-corrected chi connectivity index (χ0v) is 12.2. The summed E-state index contributed by atoms with van der Waals surface area (Å²) in [6.07, 6.45) is -0.601. The first-order valence-electron chi connectivity index (χ1n) is 6.93. The zero-order chi connectivity index (χ0) is 14.8. The summed E-state index contributed by atoms with van der Waals surface area (Å²) in [5.74, 6) is 1.65. The van der Waals surface area contributed by atoms with Crippen molar-refractivity contribution < 1.29 is 9.84 Å². The lowest BCUT2D eigenvalue weighted by Crippen LogP contribution is -2.10. The molecule has 0 fully saturated rings. The van der Waals surface area contributed by atoms with Crippen LogP contribution in [-0.2, 0) is 6.54 Å². The minimum absolute atomic E-state index is 0.472. The van der Waals surface area contributed by atoms with Gasteiger partial charge in [-0.3, -0.25) is 0 Å². The third kappa shape index (κ3) is 2.62. The highest BCUT2D eigenvalue weighted by atomic mass is 16.5. The van der Waals surface area contributed by atoms with Crippen molar-refractivity contribution in [1.29, 1.82) is 0 Å². The number of hydrogen-bond acceptors (Lipinski definition) is 3. The SMILES string of the molecule is COc1cccc(C(O)Cn2c(C)nc3ccccc32)c1. The third-order valence-electron chi connectivity index (χ3n) is 3.68. The summed E-state index contributed by atoms with van der Waals surface area (Å²) in [5, 5.41) is 10.5. The predicted octanol–water partition coefficient (Wildman–Crippen LogP) is 3.09. The molecule has 0 bridgehead atoms. The number of aliphatic hydroxyl groups is 1. The van der Waals surface area contributed by atoms with E-state index in [2.05, 4.69) is 4.98 Å². The minimum atomic E-state index is -0.601. The van der Waals surface area contributed by atoms with Crippen LogP contribution < -0.4 is 4.74 Å². The van der Waals surface area contributed by atoms with Gasteiger partial charge in [0, 0.05) is 0 Å². The molecule has 0 radical (unpaired) electrons. The Bertz CT molecular complexity index is 764. The molecule has 3 aromatic rings. The van der Waals surface area contributed by atoms with Crippen molar-refractivity contribution in [3.05, 3.63) is 59.9 Å². The number of hydrogen-bond donors (Lipinski definition) is 1. The highest BCUT2D eigenvalue weighted by Gasteiger charge is 2.13. The Kier molecular flexibility index (Phi) is 3.62. The Morgan fingerprint density at radius 3 is 2.81 bits per heavy atom. The summed E-state index contributed by atoms with van der Waals surface area (Å²) in [6, 6.07) is 15.5. The van der Waals surface area contributed by atoms with Crippen LogP contribution in [-0.4, -0.2) is 21.8 Å². The predicted molar refractivity (Wildman–Crippen MR) is 82.4 cm³/mol. The summed E-state index contributed by atoms with van der Waals surface area (Å²) < 4.78 is 7.25. The summed E-state index contributed by atoms with van der Waals surface area (Å²) >= 11 is 0. The number of ether oxygens (including phenoxy) is 1. The van der Waals surface area contributed by atoms with E-state index in [4.69, 9.17) is 4.74 Å². The molecule has 1 N–H and O–H groups in total. The van der Waals surface area contributed by atoms with Crippen molar-refractivity contribution in [2.75, 3.05) is 7.11 Å². The molecule has 2 aromatic carbocycles. The van der Waals surface area contributed by atoms with Gasteiger partial charge in [0.05, 0.1) is 30.8 Å². The topological polar surface area (TPSA) is 47.3 Å². The normalized spacial score (nSPS) is 12.5. The largest absolute Gasteiger partial charge is 0.497 e. The minimum Gasteiger partial charge on any atom is -0.497 e. The summed E-state index contributed by atoms with van der Waals surface area (Å²) in [7, 11) is 1.62. The number of methoxy groups -OCH3 is 1. The number of rotatable bonds is 4. The van der Waals surface area contributed by atoms with Crippen molar-refractivity contribution in [2.45, 2.75) is 19.6 Å². The molecule has 21 heavy (non-hydrogen) atoms. The number of aliphatic hydroxyl groups excluding tert-OH is 1. The van der Waals surface area contributed by atoms with E-state index in [1.54, 1.807) is 7.11 Å². The average molecular weight is 282 g/mol. The molecule has 1 heterocycles. The van der Waals surface area contributed by atoms with Gasteiger partial charge in [-0.15, -0.1) is 0 Å². The quantitative estimate of drug-likeness (QED) is 0.800. The van der Waals surface area contributed by atoms with Gasteiger partial charge in [-0.1, -0.05) is 24.3 Å². The van der Waals surface area contributed by atoms with Crippen molar-refractivity contribution in [1.82, 2.24) is 9.55 Å². The van der Waals surface area contributed by atoms with Crippen molar-refractivity contribution in [3.63, 3.8) is 0 Å². The van der Waals surface area contributed by atoms with Crippen molar-refractivity contribution in [3.8, 4) is 5.75 Å². The number of aryl methyl sites for hydroxylation is 1. The molecular formula is C17H18N2O2. The van der Waals surface area contributed by atoms with Gasteiger partial charge in [0.2, 0.25) is 0 Å². The molecule has 0 spiro atoms. The maximum absolute atomic E-state index is 10.5. The summed E-state index contributed by atoms with van der Waals surface area (Å²) in [6.45, 7) is 2.43. The van der Waals surface area contributed by atoms with Crippen LogP contribution >= 0.6 is 0 Å². The second-order valence-electron chi connectivity index (χ2n) is 5.05. The maximum Gasteiger partial charge on any atom is 0.119 e. The molecule has 4 heteroatoms. The highest BCUT2D eigenvalue weighted by molar-refractivity contribution is 5.75. The zero-order valence-electron chi connectivity index (χ0n) is 12.2. The van der Waals surface area contributed by atoms with Crippen LogP contribution in [0, 0.1) is 6.92 Å². The fourth-order valence-corrected chi connectivity index (χ4v) is 2.55. The highest BCUT2D eigenvalue weighted by Crippen LogP contribution is 2.23. The van der Waals surface area contributed by atoms with E-state index in [0.717, 1.165) is 28.2 Å². The Morgan fingerprint density at radius 2 is 2.00 bits per heavy atom. The van der Waals surface area contributed by atoms with Crippen LogP contribution in [0.4, 0.5) is 0 Å². The smallest absolute Gasteiger partial charge is 0.119 e.